The number of anilines is 6. The highest BCUT2D eigenvalue weighted by Crippen LogP contribution is 2.36. The zero-order chi connectivity index (χ0) is 75.8. The number of aromatic nitrogens is 6. The summed E-state index contributed by atoms with van der Waals surface area (Å²) in [5.74, 6) is 4.14. The van der Waals surface area contributed by atoms with Crippen molar-refractivity contribution >= 4 is 123 Å². The van der Waals surface area contributed by atoms with E-state index in [1.54, 1.807) is 79.6 Å². The number of hydrogen-bond acceptors (Lipinski definition) is 18. The lowest BCUT2D eigenvalue weighted by Gasteiger charge is -2.15. The van der Waals surface area contributed by atoms with Gasteiger partial charge in [0.25, 0.3) is 0 Å². The molecular weight excluding hydrogens is 1400 g/mol. The van der Waals surface area contributed by atoms with E-state index in [0.29, 0.717) is 29.7 Å². The van der Waals surface area contributed by atoms with Gasteiger partial charge in [-0.1, -0.05) is 113 Å². The number of hydrogen-bond donors (Lipinski definition) is 6. The van der Waals surface area contributed by atoms with Crippen molar-refractivity contribution in [3.63, 3.8) is 0 Å². The number of carboxylic acid groups (broad SMARTS) is 3. The molecule has 107 heavy (non-hydrogen) atoms. The molecule has 21 heteroatoms. The zero-order valence-electron chi connectivity index (χ0n) is 60.7. The lowest BCUT2D eigenvalue weighted by molar-refractivity contribution is -0.137. The lowest BCUT2D eigenvalue weighted by Crippen LogP contribution is -2.07. The summed E-state index contributed by atoms with van der Waals surface area (Å²) in [4.78, 5) is 68.5. The number of methoxy groups -OCH3 is 3. The highest BCUT2D eigenvalue weighted by atomic mass is 32.1. The van der Waals surface area contributed by atoms with Crippen LogP contribution in [0.1, 0.15) is 114 Å². The van der Waals surface area contributed by atoms with Crippen LogP contribution in [0.2, 0.25) is 0 Å². The Morgan fingerprint density at radius 2 is 0.738 bits per heavy atom. The van der Waals surface area contributed by atoms with Gasteiger partial charge in [-0.05, 0) is 206 Å². The van der Waals surface area contributed by atoms with Gasteiger partial charge in [-0.3, -0.25) is 9.59 Å². The molecule has 12 rings (SSSR count). The summed E-state index contributed by atoms with van der Waals surface area (Å²) >= 11 is 4.91. The number of thiophene rings is 3. The third-order valence-corrected chi connectivity index (χ3v) is 20.0. The molecule has 0 aliphatic heterocycles. The second-order valence-electron chi connectivity index (χ2n) is 24.2. The topological polar surface area (TPSA) is 253 Å². The van der Waals surface area contributed by atoms with Crippen LogP contribution in [0.3, 0.4) is 0 Å². The van der Waals surface area contributed by atoms with E-state index in [9.17, 15) is 19.5 Å². The van der Waals surface area contributed by atoms with Crippen LogP contribution in [0.5, 0.6) is 17.2 Å². The molecule has 0 bridgehead atoms. The number of carbonyl (C=O) groups is 3. The number of nitrogens with zero attached hydrogens (tertiary/aromatic N) is 6. The fourth-order valence-corrected chi connectivity index (χ4v) is 13.8. The number of ether oxygens (including phenoxy) is 3. The molecule has 0 aliphatic rings. The fraction of sp³-hybridized carbons (Fsp3) is 0.174. The molecule has 18 nitrogen and oxygen atoms in total. The molecule has 6 aromatic carbocycles. The van der Waals surface area contributed by atoms with Crippen LogP contribution in [0.15, 0.2) is 195 Å². The average Bonchev–Trinajstić information content (AvgIpc) is 1.80. The third-order valence-electron chi connectivity index (χ3n) is 16.9. The van der Waals surface area contributed by atoms with Crippen LogP contribution in [0.4, 0.5) is 34.5 Å². The maximum Gasteiger partial charge on any atom is 0.335 e. The maximum absolute atomic E-state index is 11.2. The van der Waals surface area contributed by atoms with Crippen molar-refractivity contribution in [1.82, 2.24) is 29.9 Å². The Morgan fingerprint density at radius 3 is 1.07 bits per heavy atom. The van der Waals surface area contributed by atoms with Crippen molar-refractivity contribution in [2.45, 2.75) is 79.6 Å². The molecule has 6 aromatic heterocycles. The first-order chi connectivity index (χ1) is 51.9. The first kappa shape index (κ1) is 77.4. The van der Waals surface area contributed by atoms with Gasteiger partial charge in [0.2, 0.25) is 0 Å². The Hall–Kier alpha value is -12.2. The molecule has 0 unspecified atom stereocenters. The predicted molar refractivity (Wildman–Crippen MR) is 437 cm³/mol. The molecule has 0 aliphatic carbocycles. The van der Waals surface area contributed by atoms with Crippen LogP contribution in [0, 0.1) is 6.92 Å². The van der Waals surface area contributed by atoms with Crippen molar-refractivity contribution in [2.24, 2.45) is 0 Å². The van der Waals surface area contributed by atoms with Gasteiger partial charge >= 0.3 is 17.9 Å². The van der Waals surface area contributed by atoms with E-state index in [2.05, 4.69) is 111 Å². The molecule has 0 radical (unpaired) electrons. The normalized spacial score (nSPS) is 11.0. The fourth-order valence-electron chi connectivity index (χ4n) is 11.3. The summed E-state index contributed by atoms with van der Waals surface area (Å²) in [5.41, 5.74) is 13.5. The molecule has 0 fully saturated rings. The number of nitrogens with one attached hydrogen (secondary N) is 3. The summed E-state index contributed by atoms with van der Waals surface area (Å²) in [6.07, 6.45) is 18.1. The zero-order valence-corrected chi connectivity index (χ0v) is 63.2. The average molecular weight is 1480 g/mol. The summed E-state index contributed by atoms with van der Waals surface area (Å²) < 4.78 is 15.7. The molecule has 544 valence electrons. The number of aryl methyl sites for hydroxylation is 3. The Morgan fingerprint density at radius 1 is 0.402 bits per heavy atom. The highest BCUT2D eigenvalue weighted by molar-refractivity contribution is 7.17. The lowest BCUT2D eigenvalue weighted by atomic mass is 10.1. The minimum atomic E-state index is -0.957. The van der Waals surface area contributed by atoms with Gasteiger partial charge in [-0.15, -0.1) is 40.6 Å². The van der Waals surface area contributed by atoms with E-state index in [1.165, 1.54) is 0 Å². The van der Waals surface area contributed by atoms with Crippen molar-refractivity contribution in [2.75, 3.05) is 37.3 Å². The Bertz CT molecular complexity index is 5110. The molecule has 0 amide bonds. The minimum absolute atomic E-state index is 0.00484. The van der Waals surface area contributed by atoms with Crippen LogP contribution >= 0.6 is 34.0 Å². The Labute approximate surface area is 635 Å². The minimum Gasteiger partial charge on any atom is -0.497 e. The quantitative estimate of drug-likeness (QED) is 0.0238. The summed E-state index contributed by atoms with van der Waals surface area (Å²) in [6, 6.07) is 57.6. The molecule has 6 N–H and O–H groups in total. The molecule has 0 spiro atoms. The Balaban J connectivity index is 0.000000172. The van der Waals surface area contributed by atoms with Crippen LogP contribution < -0.4 is 30.2 Å². The third kappa shape index (κ3) is 21.7. The van der Waals surface area contributed by atoms with Crippen molar-refractivity contribution in [3.05, 3.63) is 276 Å². The monoisotopic (exact) mass is 1480 g/mol. The largest absolute Gasteiger partial charge is 0.497 e. The second-order valence-corrected chi connectivity index (χ2v) is 27.6. The second kappa shape index (κ2) is 38.0. The predicted octanol–water partition coefficient (Wildman–Crippen LogP) is 20.6. The van der Waals surface area contributed by atoms with Crippen molar-refractivity contribution in [3.8, 4) is 49.4 Å². The first-order valence-corrected chi connectivity index (χ1v) is 37.2. The van der Waals surface area contributed by atoms with Crippen LogP contribution in [-0.4, -0.2) is 84.5 Å². The number of aromatic carboxylic acids is 1. The van der Waals surface area contributed by atoms with Gasteiger partial charge in [0, 0.05) is 65.5 Å². The SMILES string of the molecule is C=CCc1c(CC)nc(-c2ccc(/C=C/c3ccc(OC)cc3)s2)nc1Nc1ccc(C(=O)O)cc1.CCc1c(C)nc(-c2ccc(/C=C/c3ccc(OC)cc3)s2)nc1Nc1ccc(CC(=O)O)cc1.CCc1nc(-c2ccc(/C=C/c3ccc(OC)cc3)s2)nc(Nc2ccc(CC(=O)O)cc2)c1CC. The van der Waals surface area contributed by atoms with Gasteiger partial charge in [-0.25, -0.2) is 34.7 Å². The van der Waals surface area contributed by atoms with E-state index >= 15 is 0 Å². The molecule has 12 aromatic rings. The van der Waals surface area contributed by atoms with Crippen LogP contribution in [0.25, 0.3) is 68.6 Å². The summed E-state index contributed by atoms with van der Waals surface area (Å²) in [6.45, 7) is 14.3. The smallest absolute Gasteiger partial charge is 0.335 e. The number of aliphatic carboxylic acids is 2. The van der Waals surface area contributed by atoms with E-state index < -0.39 is 17.9 Å². The van der Waals surface area contributed by atoms with Gasteiger partial charge in [0.1, 0.15) is 34.7 Å². The Kier molecular flexibility index (Phi) is 27.5. The summed E-state index contributed by atoms with van der Waals surface area (Å²) in [7, 11) is 4.98. The highest BCUT2D eigenvalue weighted by Gasteiger charge is 2.19. The van der Waals surface area contributed by atoms with Gasteiger partial charge in [-0.2, -0.15) is 0 Å². The first-order valence-electron chi connectivity index (χ1n) is 34.7. The molecule has 0 saturated carbocycles. The molecular formula is C86H83N9O9S3. The van der Waals surface area contributed by atoms with E-state index in [1.807, 2.05) is 146 Å². The van der Waals surface area contributed by atoms with Crippen molar-refractivity contribution in [1.29, 1.82) is 0 Å². The van der Waals surface area contributed by atoms with Crippen LogP contribution in [-0.2, 0) is 54.5 Å². The molecule has 6 heterocycles. The molecule has 0 atom stereocenters. The maximum atomic E-state index is 11.2. The van der Waals surface area contributed by atoms with E-state index in [0.717, 1.165) is 162 Å². The van der Waals surface area contributed by atoms with Crippen molar-refractivity contribution < 1.29 is 43.9 Å². The van der Waals surface area contributed by atoms with Gasteiger partial charge < -0.3 is 45.5 Å². The van der Waals surface area contributed by atoms with E-state index in [-0.39, 0.29) is 18.4 Å². The number of benzene rings is 6. The number of rotatable bonds is 29. The number of allylic oxidation sites excluding steroid dienone is 1. The summed E-state index contributed by atoms with van der Waals surface area (Å²) in [5, 5.41) is 37.4. The standard InChI is InChI=1S/C29H29N3O3S.C29H27N3O3S.C28H27N3O3S/c1-4-24-25(5-2)31-29(32-28(24)30-21-11-6-20(7-12-21)18-27(33)34)26-17-16-23(36-26)15-10-19-8-13-22(35-3)14-9-19;1-4-6-24-25(5-2)31-28(32-27(24)30-21-12-10-20(11-13-21)29(33)34)26-18-17-23(36-26)16-9-19-7-14-22(35-3)15-8-19;1-4-24-18(2)29-28(31-27(24)30-21-10-5-20(6-11-21)17-26(32)33)25-16-15-23(35-25)14-9-19-7-12-22(34-3)13-8-19/h6-17H,4-5,18H2,1-3H3,(H,33,34)(H,30,31,32);4,7-18H,1,5-6H2,2-3H3,(H,33,34)(H,30,31,32);5-16H,4,17H2,1-3H3,(H,32,33)(H,29,30,31)/b15-10+;16-9+;14-9+. The number of carboxylic acids is 3. The van der Waals surface area contributed by atoms with Gasteiger partial charge in [0.15, 0.2) is 17.5 Å². The van der Waals surface area contributed by atoms with Gasteiger partial charge in [0.05, 0.1) is 54.4 Å². The molecule has 0 saturated heterocycles. The van der Waals surface area contributed by atoms with E-state index in [4.69, 9.17) is 54.3 Å².